The number of guanidine groups is 1. The number of carboxylic acid groups (broad SMARTS) is 1. The smallest absolute Gasteiger partial charge is 0.351 e. The molecule has 0 bridgehead atoms. The number of rotatable bonds is 13. The molecule has 11 heteroatoms. The fraction of sp³-hybridized carbons (Fsp3) is 0.526. The Balaban J connectivity index is 2.73. The molecule has 0 aliphatic rings. The van der Waals surface area contributed by atoms with E-state index in [2.05, 4.69) is 10.3 Å². The highest BCUT2D eigenvalue weighted by Crippen LogP contribution is 2.50. The van der Waals surface area contributed by atoms with Gasteiger partial charge in [-0.1, -0.05) is 44.2 Å². The van der Waals surface area contributed by atoms with E-state index >= 15 is 0 Å². The highest BCUT2D eigenvalue weighted by molar-refractivity contribution is 7.53. The second-order valence-corrected chi connectivity index (χ2v) is 9.08. The van der Waals surface area contributed by atoms with E-state index in [9.17, 15) is 24.2 Å². The van der Waals surface area contributed by atoms with Crippen LogP contribution in [0.2, 0.25) is 0 Å². The Morgan fingerprint density at radius 2 is 1.87 bits per heavy atom. The summed E-state index contributed by atoms with van der Waals surface area (Å²) in [5.74, 6) is -3.63. The molecule has 30 heavy (non-hydrogen) atoms. The Kier molecular flexibility index (Phi) is 10.5. The quantitative estimate of drug-likeness (QED) is 0.132. The normalized spacial score (nSPS) is 15.1. The number of hydrogen-bond donors (Lipinski definition) is 5. The number of carboxylic acids is 1. The van der Waals surface area contributed by atoms with Crippen molar-refractivity contribution in [2.75, 3.05) is 6.54 Å². The third-order valence-electron chi connectivity index (χ3n) is 4.25. The maximum absolute atomic E-state index is 12.8. The average Bonchev–Trinajstić information content (AvgIpc) is 2.66. The van der Waals surface area contributed by atoms with Gasteiger partial charge in [0.1, 0.15) is 5.78 Å². The van der Waals surface area contributed by atoms with Crippen LogP contribution in [0.3, 0.4) is 0 Å². The van der Waals surface area contributed by atoms with Crippen molar-refractivity contribution in [2.45, 2.75) is 51.4 Å². The van der Waals surface area contributed by atoms with E-state index in [1.165, 1.54) is 0 Å². The lowest BCUT2D eigenvalue weighted by Crippen LogP contribution is -2.40. The van der Waals surface area contributed by atoms with Crippen molar-refractivity contribution >= 4 is 25.4 Å². The van der Waals surface area contributed by atoms with Crippen LogP contribution in [-0.2, 0) is 25.1 Å². The van der Waals surface area contributed by atoms with Gasteiger partial charge in [0.15, 0.2) is 12.1 Å². The monoisotopic (exact) mass is 442 g/mol. The Hall–Kier alpha value is -2.42. The summed E-state index contributed by atoms with van der Waals surface area (Å²) in [5, 5.41) is 11.9. The molecule has 0 radical (unpaired) electrons. The number of amides is 1. The standard InChI is InChI=1S/C19H31N4O6P/c1-13(2)17(23-16(24)11-10-14-7-4-3-5-8-14)30(27,28)29-15(18(25)26)9-6-12-22-19(20)21/h3-5,7-8,13,15,17H,6,9-12H2,1-2H3,(H,23,24)(H,25,26)(H,27,28)(H4,20,21,22)/t15?,17-/m0/s1. The molecule has 0 heterocycles. The van der Waals surface area contributed by atoms with Gasteiger partial charge in [0, 0.05) is 13.0 Å². The molecule has 2 unspecified atom stereocenters. The molecule has 10 nitrogen and oxygen atoms in total. The second-order valence-electron chi connectivity index (χ2n) is 7.19. The fourth-order valence-electron chi connectivity index (χ4n) is 2.72. The molecule has 0 saturated carbocycles. The summed E-state index contributed by atoms with van der Waals surface area (Å²) in [5.41, 5.74) is 11.4. The maximum atomic E-state index is 12.8. The van der Waals surface area contributed by atoms with Crippen LogP contribution < -0.4 is 16.8 Å². The Bertz CT molecular complexity index is 768. The van der Waals surface area contributed by atoms with E-state index in [-0.39, 0.29) is 31.8 Å². The number of nitrogens with two attached hydrogens (primary N) is 2. The summed E-state index contributed by atoms with van der Waals surface area (Å²) in [6.07, 6.45) is -0.767. The van der Waals surface area contributed by atoms with E-state index in [0.717, 1.165) is 5.56 Å². The van der Waals surface area contributed by atoms with Crippen LogP contribution in [0, 0.1) is 5.92 Å². The number of aryl methyl sites for hydroxylation is 1. The van der Waals surface area contributed by atoms with E-state index in [0.29, 0.717) is 6.42 Å². The minimum absolute atomic E-state index is 0.0660. The fourth-order valence-corrected chi connectivity index (χ4v) is 4.47. The predicted octanol–water partition coefficient (Wildman–Crippen LogP) is 1.43. The van der Waals surface area contributed by atoms with E-state index in [4.69, 9.17) is 16.0 Å². The van der Waals surface area contributed by atoms with Gasteiger partial charge in [0.25, 0.3) is 0 Å². The van der Waals surface area contributed by atoms with Crippen LogP contribution in [0.4, 0.5) is 0 Å². The lowest BCUT2D eigenvalue weighted by atomic mass is 10.1. The predicted molar refractivity (Wildman–Crippen MR) is 114 cm³/mol. The van der Waals surface area contributed by atoms with E-state index < -0.39 is 37.3 Å². The molecule has 1 amide bonds. The molecule has 168 valence electrons. The van der Waals surface area contributed by atoms with Crippen LogP contribution in [-0.4, -0.2) is 46.3 Å². The zero-order valence-electron chi connectivity index (χ0n) is 17.2. The number of nitrogens with one attached hydrogen (secondary N) is 1. The highest BCUT2D eigenvalue weighted by Gasteiger charge is 2.40. The van der Waals surface area contributed by atoms with Gasteiger partial charge in [-0.05, 0) is 30.7 Å². The largest absolute Gasteiger partial charge is 0.479 e. The van der Waals surface area contributed by atoms with Gasteiger partial charge >= 0.3 is 13.6 Å². The van der Waals surface area contributed by atoms with Crippen molar-refractivity contribution in [3.8, 4) is 0 Å². The highest BCUT2D eigenvalue weighted by atomic mass is 31.2. The molecule has 1 rings (SSSR count). The van der Waals surface area contributed by atoms with Crippen LogP contribution in [0.5, 0.6) is 0 Å². The SMILES string of the molecule is CC(C)[C@@H](NC(=O)CCc1ccccc1)P(=O)(O)OC(CCCN=C(N)N)C(=O)O. The van der Waals surface area contributed by atoms with Crippen molar-refractivity contribution in [1.29, 1.82) is 0 Å². The molecular formula is C19H31N4O6P. The molecular weight excluding hydrogens is 411 g/mol. The van der Waals surface area contributed by atoms with Gasteiger partial charge in [-0.2, -0.15) is 0 Å². The van der Waals surface area contributed by atoms with Crippen molar-refractivity contribution in [1.82, 2.24) is 5.32 Å². The lowest BCUT2D eigenvalue weighted by Gasteiger charge is -2.28. The number of nitrogens with zero attached hydrogens (tertiary/aromatic N) is 1. The van der Waals surface area contributed by atoms with Crippen molar-refractivity contribution in [3.05, 3.63) is 35.9 Å². The molecule has 0 saturated heterocycles. The van der Waals surface area contributed by atoms with Gasteiger partial charge in [-0.3, -0.25) is 18.9 Å². The third kappa shape index (κ3) is 9.39. The molecule has 0 fully saturated rings. The minimum atomic E-state index is -4.48. The first-order chi connectivity index (χ1) is 14.0. The number of hydrogen-bond acceptors (Lipinski definition) is 5. The number of carbonyl (C=O) groups is 2. The van der Waals surface area contributed by atoms with Gasteiger partial charge in [-0.15, -0.1) is 0 Å². The first-order valence-electron chi connectivity index (χ1n) is 9.65. The van der Waals surface area contributed by atoms with Gasteiger partial charge in [0.2, 0.25) is 5.91 Å². The van der Waals surface area contributed by atoms with Crippen molar-refractivity contribution in [2.24, 2.45) is 22.4 Å². The van der Waals surface area contributed by atoms with E-state index in [1.807, 2.05) is 30.3 Å². The summed E-state index contributed by atoms with van der Waals surface area (Å²) in [7, 11) is -4.48. The number of benzene rings is 1. The van der Waals surface area contributed by atoms with E-state index in [1.54, 1.807) is 13.8 Å². The molecule has 1 aromatic carbocycles. The van der Waals surface area contributed by atoms with Gasteiger partial charge in [0.05, 0.1) is 0 Å². The average molecular weight is 442 g/mol. The summed E-state index contributed by atoms with van der Waals surface area (Å²) in [4.78, 5) is 37.9. The molecule has 7 N–H and O–H groups in total. The Labute approximate surface area is 176 Å². The molecule has 0 aromatic heterocycles. The molecule has 0 aliphatic carbocycles. The van der Waals surface area contributed by atoms with Crippen LogP contribution in [0.15, 0.2) is 35.3 Å². The number of aliphatic carboxylic acids is 1. The molecule has 0 aliphatic heterocycles. The molecule has 3 atom stereocenters. The molecule has 1 aromatic rings. The number of carbonyl (C=O) groups excluding carboxylic acids is 1. The van der Waals surface area contributed by atoms with Crippen LogP contribution >= 0.6 is 7.60 Å². The van der Waals surface area contributed by atoms with Gasteiger partial charge in [-0.25, -0.2) is 4.79 Å². The summed E-state index contributed by atoms with van der Waals surface area (Å²) < 4.78 is 17.9. The minimum Gasteiger partial charge on any atom is -0.479 e. The summed E-state index contributed by atoms with van der Waals surface area (Å²) >= 11 is 0. The molecule has 0 spiro atoms. The van der Waals surface area contributed by atoms with Crippen molar-refractivity contribution in [3.63, 3.8) is 0 Å². The maximum Gasteiger partial charge on any atom is 0.351 e. The Morgan fingerprint density at radius 3 is 2.40 bits per heavy atom. The van der Waals surface area contributed by atoms with Gasteiger partial charge < -0.3 is 26.8 Å². The Morgan fingerprint density at radius 1 is 1.23 bits per heavy atom. The first-order valence-corrected chi connectivity index (χ1v) is 11.3. The second kappa shape index (κ2) is 12.3. The lowest BCUT2D eigenvalue weighted by molar-refractivity contribution is -0.145. The topological polar surface area (TPSA) is 177 Å². The number of aliphatic imine (C=N–C) groups is 1. The summed E-state index contributed by atoms with van der Waals surface area (Å²) in [6.45, 7) is 3.45. The summed E-state index contributed by atoms with van der Waals surface area (Å²) in [6, 6.07) is 9.35. The first kappa shape index (κ1) is 25.6. The zero-order chi connectivity index (χ0) is 22.7. The zero-order valence-corrected chi connectivity index (χ0v) is 18.1. The van der Waals surface area contributed by atoms with Crippen LogP contribution in [0.25, 0.3) is 0 Å². The van der Waals surface area contributed by atoms with Crippen molar-refractivity contribution < 1.29 is 28.7 Å². The third-order valence-corrected chi connectivity index (χ3v) is 6.23. The van der Waals surface area contributed by atoms with Crippen LogP contribution in [0.1, 0.15) is 38.7 Å².